The molecule has 0 unspecified atom stereocenters. The molecule has 0 aromatic heterocycles. The summed E-state index contributed by atoms with van der Waals surface area (Å²) < 4.78 is 16.1. The number of carbonyl (C=O) groups is 2. The van der Waals surface area contributed by atoms with Crippen molar-refractivity contribution in [3.05, 3.63) is 47.7 Å². The largest absolute Gasteiger partial charge is 0.464 e. The van der Waals surface area contributed by atoms with Gasteiger partial charge in [0.05, 0.1) is 7.11 Å². The molecule has 0 aliphatic rings. The summed E-state index contributed by atoms with van der Waals surface area (Å²) in [6.07, 6.45) is 0.931. The Bertz CT molecular complexity index is 680. The van der Waals surface area contributed by atoms with Gasteiger partial charge in [0.15, 0.2) is 8.32 Å². The number of benzene rings is 1. The minimum atomic E-state index is -1.89. The van der Waals surface area contributed by atoms with Crippen LogP contribution in [0.25, 0.3) is 0 Å². The maximum Gasteiger partial charge on any atom is 0.412 e. The third-order valence-electron chi connectivity index (χ3n) is 4.82. The molecule has 0 saturated carbocycles. The van der Waals surface area contributed by atoms with E-state index in [-0.39, 0.29) is 23.3 Å². The number of esters is 1. The summed E-state index contributed by atoms with van der Waals surface area (Å²) >= 11 is 0. The van der Waals surface area contributed by atoms with E-state index in [2.05, 4.69) is 39.2 Å². The maximum atomic E-state index is 12.1. The van der Waals surface area contributed by atoms with Crippen LogP contribution >= 0.6 is 0 Å². The van der Waals surface area contributed by atoms with Gasteiger partial charge in [-0.15, -0.1) is 0 Å². The molecule has 0 radical (unpaired) electrons. The number of nitrogens with one attached hydrogen (secondary N) is 1. The summed E-state index contributed by atoms with van der Waals surface area (Å²) in [6.45, 7) is 13.3. The number of rotatable bonds is 8. The van der Waals surface area contributed by atoms with E-state index in [1.807, 2.05) is 37.3 Å². The third kappa shape index (κ3) is 7.86. The molecule has 0 saturated heterocycles. The Hall–Kier alpha value is -2.12. The Balaban J connectivity index is 2.70. The van der Waals surface area contributed by atoms with E-state index in [9.17, 15) is 9.59 Å². The predicted molar refractivity (Wildman–Crippen MR) is 112 cm³/mol. The molecule has 28 heavy (non-hydrogen) atoms. The fourth-order valence-corrected chi connectivity index (χ4v) is 3.14. The summed E-state index contributed by atoms with van der Waals surface area (Å²) in [6, 6.07) is 9.31. The molecule has 6 nitrogen and oxygen atoms in total. The van der Waals surface area contributed by atoms with E-state index in [0.717, 1.165) is 5.56 Å². The number of hydrogen-bond acceptors (Lipinski definition) is 5. The first-order chi connectivity index (χ1) is 13.0. The molecule has 1 aromatic rings. The van der Waals surface area contributed by atoms with Gasteiger partial charge in [0.2, 0.25) is 0 Å². The zero-order valence-electron chi connectivity index (χ0n) is 18.0. The number of amides is 1. The molecule has 1 atom stereocenters. The van der Waals surface area contributed by atoms with E-state index in [4.69, 9.17) is 13.9 Å². The molecule has 1 aromatic carbocycles. The van der Waals surface area contributed by atoms with Crippen LogP contribution in [0.1, 0.15) is 33.3 Å². The highest BCUT2D eigenvalue weighted by molar-refractivity contribution is 6.74. The van der Waals surface area contributed by atoms with E-state index >= 15 is 0 Å². The van der Waals surface area contributed by atoms with Crippen LogP contribution in [-0.4, -0.2) is 34.1 Å². The lowest BCUT2D eigenvalue weighted by Gasteiger charge is -2.36. The topological polar surface area (TPSA) is 73.9 Å². The molecule has 7 heteroatoms. The Kier molecular flexibility index (Phi) is 8.91. The van der Waals surface area contributed by atoms with E-state index < -0.39 is 20.4 Å². The van der Waals surface area contributed by atoms with E-state index in [1.165, 1.54) is 7.11 Å². The van der Waals surface area contributed by atoms with Gasteiger partial charge in [0.1, 0.15) is 12.3 Å². The van der Waals surface area contributed by atoms with Gasteiger partial charge in [-0.25, -0.2) is 9.59 Å². The number of alkyl carbamates (subject to hydrolysis) is 1. The average Bonchev–Trinajstić information content (AvgIpc) is 2.63. The Morgan fingerprint density at radius 1 is 1.18 bits per heavy atom. The summed E-state index contributed by atoms with van der Waals surface area (Å²) in [5.41, 5.74) is 0.907. The summed E-state index contributed by atoms with van der Waals surface area (Å²) in [5.74, 6) is -0.714. The van der Waals surface area contributed by atoms with Crippen molar-refractivity contribution in [1.82, 2.24) is 5.32 Å². The van der Waals surface area contributed by atoms with Crippen LogP contribution in [0.5, 0.6) is 0 Å². The Labute approximate surface area is 169 Å². The first-order valence-corrected chi connectivity index (χ1v) is 12.3. The highest BCUT2D eigenvalue weighted by Gasteiger charge is 2.37. The summed E-state index contributed by atoms with van der Waals surface area (Å²) in [4.78, 5) is 24.1. The lowest BCUT2D eigenvalue weighted by molar-refractivity contribution is -0.136. The first kappa shape index (κ1) is 23.9. The van der Waals surface area contributed by atoms with Gasteiger partial charge in [0.25, 0.3) is 0 Å². The van der Waals surface area contributed by atoms with Crippen molar-refractivity contribution >= 4 is 20.4 Å². The van der Waals surface area contributed by atoms with Crippen LogP contribution in [0.2, 0.25) is 18.1 Å². The lowest BCUT2D eigenvalue weighted by Crippen LogP contribution is -2.41. The SMILES string of the molecule is COC(=O)/C(=C/[C@@H](C)CO[Si](C)(C)C(C)(C)C)NC(=O)OCc1ccccc1. The van der Waals surface area contributed by atoms with Gasteiger partial charge in [-0.1, -0.05) is 58.0 Å². The second kappa shape index (κ2) is 10.4. The molecule has 0 fully saturated rings. The monoisotopic (exact) mass is 407 g/mol. The smallest absolute Gasteiger partial charge is 0.412 e. The van der Waals surface area contributed by atoms with Gasteiger partial charge in [-0.05, 0) is 35.7 Å². The van der Waals surface area contributed by atoms with Crippen LogP contribution in [0.3, 0.4) is 0 Å². The second-order valence-corrected chi connectivity index (χ2v) is 13.1. The minimum absolute atomic E-state index is 0.0480. The molecule has 1 rings (SSSR count). The molecular weight excluding hydrogens is 374 g/mol. The second-order valence-electron chi connectivity index (χ2n) is 8.31. The van der Waals surface area contributed by atoms with Crippen LogP contribution in [0.4, 0.5) is 4.79 Å². The van der Waals surface area contributed by atoms with Crippen molar-refractivity contribution in [2.75, 3.05) is 13.7 Å². The highest BCUT2D eigenvalue weighted by atomic mass is 28.4. The van der Waals surface area contributed by atoms with Gasteiger partial charge in [-0.3, -0.25) is 5.32 Å². The van der Waals surface area contributed by atoms with Gasteiger partial charge < -0.3 is 13.9 Å². The van der Waals surface area contributed by atoms with Crippen molar-refractivity contribution < 1.29 is 23.5 Å². The van der Waals surface area contributed by atoms with Crippen LogP contribution in [-0.2, 0) is 25.3 Å². The van der Waals surface area contributed by atoms with E-state index in [0.29, 0.717) is 6.61 Å². The number of methoxy groups -OCH3 is 1. The van der Waals surface area contributed by atoms with Gasteiger partial charge in [-0.2, -0.15) is 0 Å². The van der Waals surface area contributed by atoms with Crippen molar-refractivity contribution in [3.8, 4) is 0 Å². The zero-order chi connectivity index (χ0) is 21.4. The third-order valence-corrected chi connectivity index (χ3v) is 9.32. The highest BCUT2D eigenvalue weighted by Crippen LogP contribution is 2.36. The normalized spacial score (nSPS) is 13.6. The van der Waals surface area contributed by atoms with Gasteiger partial charge >= 0.3 is 12.1 Å². The number of carbonyl (C=O) groups excluding carboxylic acids is 2. The first-order valence-electron chi connectivity index (χ1n) is 9.38. The Morgan fingerprint density at radius 2 is 1.79 bits per heavy atom. The summed E-state index contributed by atoms with van der Waals surface area (Å²) in [5, 5.41) is 2.58. The molecule has 0 aliphatic heterocycles. The van der Waals surface area contributed by atoms with Crippen LogP contribution < -0.4 is 5.32 Å². The molecule has 156 valence electrons. The molecule has 1 amide bonds. The molecule has 1 N–H and O–H groups in total. The van der Waals surface area contributed by atoms with Crippen molar-refractivity contribution in [2.45, 2.75) is 52.4 Å². The quantitative estimate of drug-likeness (QED) is 0.386. The summed E-state index contributed by atoms with van der Waals surface area (Å²) in [7, 11) is -0.626. The predicted octanol–water partition coefficient (Wildman–Crippen LogP) is 4.63. The molecule has 0 heterocycles. The maximum absolute atomic E-state index is 12.1. The molecule has 0 spiro atoms. The van der Waals surface area contributed by atoms with Crippen molar-refractivity contribution in [3.63, 3.8) is 0 Å². The fraction of sp³-hybridized carbons (Fsp3) is 0.524. The van der Waals surface area contributed by atoms with E-state index in [1.54, 1.807) is 6.08 Å². The molecular formula is C21H33NO5Si. The lowest BCUT2D eigenvalue weighted by atomic mass is 10.1. The fourth-order valence-electron chi connectivity index (χ4n) is 2.03. The van der Waals surface area contributed by atoms with Crippen LogP contribution in [0.15, 0.2) is 42.1 Å². The number of ether oxygens (including phenoxy) is 2. The molecule has 0 bridgehead atoms. The molecule has 0 aliphatic carbocycles. The number of hydrogen-bond donors (Lipinski definition) is 1. The van der Waals surface area contributed by atoms with Crippen LogP contribution in [0, 0.1) is 5.92 Å². The minimum Gasteiger partial charge on any atom is -0.464 e. The van der Waals surface area contributed by atoms with Crippen molar-refractivity contribution in [1.29, 1.82) is 0 Å². The average molecular weight is 408 g/mol. The Morgan fingerprint density at radius 3 is 2.32 bits per heavy atom. The van der Waals surface area contributed by atoms with Gasteiger partial charge in [0, 0.05) is 6.61 Å². The van der Waals surface area contributed by atoms with Crippen molar-refractivity contribution in [2.24, 2.45) is 5.92 Å². The zero-order valence-corrected chi connectivity index (χ0v) is 19.0. The standard InChI is InChI=1S/C21H33NO5Si/c1-16(14-27-28(6,7)21(2,3)4)13-18(19(23)25-5)22-20(24)26-15-17-11-9-8-10-12-17/h8-13,16H,14-15H2,1-7H3,(H,22,24)/b18-13-/t16-/m1/s1.